The minimum Gasteiger partial charge on any atom is -0.332 e. The van der Waals surface area contributed by atoms with Crippen molar-refractivity contribution in [1.82, 2.24) is 14.5 Å². The van der Waals surface area contributed by atoms with E-state index in [2.05, 4.69) is 20.8 Å². The third-order valence-electron chi connectivity index (χ3n) is 6.18. The van der Waals surface area contributed by atoms with Crippen LogP contribution < -0.4 is 5.56 Å². The van der Waals surface area contributed by atoms with Crippen molar-refractivity contribution in [3.63, 3.8) is 0 Å². The Bertz CT molecular complexity index is 1370. The fourth-order valence-electron chi connectivity index (χ4n) is 4.22. The Hall–Kier alpha value is -3.25. The standard InChI is InChI=1S/C28H31N3O2S/c1-18(2)17-30(26(32)16-23-9-8-14-34-23)21(5)27-29-25-11-7-6-10-24(25)28(33)31(27)22-13-12-19(3)20(4)15-22/h6-15,18,21H,16-17H2,1-5H3. The van der Waals surface area contributed by atoms with Gasteiger partial charge in [0, 0.05) is 11.4 Å². The number of fused-ring (bicyclic) bond motifs is 1. The average Bonchev–Trinajstić information content (AvgIpc) is 3.32. The van der Waals surface area contributed by atoms with Gasteiger partial charge in [-0.25, -0.2) is 4.98 Å². The highest BCUT2D eigenvalue weighted by molar-refractivity contribution is 7.10. The first-order valence-electron chi connectivity index (χ1n) is 11.7. The fourth-order valence-corrected chi connectivity index (χ4v) is 4.91. The molecule has 0 bridgehead atoms. The number of carbonyl (C=O) groups excluding carboxylic acids is 1. The Morgan fingerprint density at radius 1 is 1.03 bits per heavy atom. The second-order valence-corrected chi connectivity index (χ2v) is 10.3. The van der Waals surface area contributed by atoms with E-state index in [0.717, 1.165) is 21.7 Å². The Labute approximate surface area is 204 Å². The summed E-state index contributed by atoms with van der Waals surface area (Å²) in [6, 6.07) is 17.0. The van der Waals surface area contributed by atoms with Crippen molar-refractivity contribution < 1.29 is 4.79 Å². The Kier molecular flexibility index (Phi) is 6.98. The number of thiophene rings is 1. The minimum atomic E-state index is -0.381. The largest absolute Gasteiger partial charge is 0.332 e. The molecule has 0 spiro atoms. The van der Waals surface area contributed by atoms with Gasteiger partial charge in [-0.1, -0.05) is 38.1 Å². The van der Waals surface area contributed by atoms with Crippen LogP contribution in [0.4, 0.5) is 0 Å². The van der Waals surface area contributed by atoms with Crippen molar-refractivity contribution >= 4 is 28.1 Å². The second-order valence-electron chi connectivity index (χ2n) is 9.27. The molecule has 0 radical (unpaired) electrons. The van der Waals surface area contributed by atoms with Crippen molar-refractivity contribution in [3.05, 3.63) is 92.2 Å². The molecule has 0 aliphatic heterocycles. The minimum absolute atomic E-state index is 0.0395. The highest BCUT2D eigenvalue weighted by Crippen LogP contribution is 2.26. The van der Waals surface area contributed by atoms with E-state index in [9.17, 15) is 9.59 Å². The van der Waals surface area contributed by atoms with Crippen LogP contribution >= 0.6 is 11.3 Å². The maximum atomic E-state index is 13.7. The van der Waals surface area contributed by atoms with Crippen molar-refractivity contribution in [2.45, 2.75) is 47.1 Å². The number of para-hydroxylation sites is 1. The van der Waals surface area contributed by atoms with Crippen LogP contribution in [-0.4, -0.2) is 26.9 Å². The summed E-state index contributed by atoms with van der Waals surface area (Å²) in [4.78, 5) is 35.1. The van der Waals surface area contributed by atoms with Gasteiger partial charge in [0.15, 0.2) is 0 Å². The van der Waals surface area contributed by atoms with Crippen LogP contribution in [-0.2, 0) is 11.2 Å². The maximum absolute atomic E-state index is 13.7. The van der Waals surface area contributed by atoms with Gasteiger partial charge in [-0.15, -0.1) is 11.3 Å². The van der Waals surface area contributed by atoms with E-state index in [-0.39, 0.29) is 23.4 Å². The zero-order valence-electron chi connectivity index (χ0n) is 20.4. The average molecular weight is 474 g/mol. The Morgan fingerprint density at radius 3 is 2.47 bits per heavy atom. The lowest BCUT2D eigenvalue weighted by Crippen LogP contribution is -2.40. The molecule has 2 aromatic heterocycles. The monoisotopic (exact) mass is 473 g/mol. The molecule has 4 aromatic rings. The van der Waals surface area contributed by atoms with Gasteiger partial charge in [0.05, 0.1) is 29.1 Å². The number of rotatable bonds is 7. The lowest BCUT2D eigenvalue weighted by molar-refractivity contribution is -0.133. The first kappa shape index (κ1) is 23.9. The summed E-state index contributed by atoms with van der Waals surface area (Å²) in [6.45, 7) is 10.9. The topological polar surface area (TPSA) is 55.2 Å². The summed E-state index contributed by atoms with van der Waals surface area (Å²) >= 11 is 1.58. The summed E-state index contributed by atoms with van der Waals surface area (Å²) in [5.74, 6) is 0.891. The first-order chi connectivity index (χ1) is 16.3. The second kappa shape index (κ2) is 9.94. The lowest BCUT2D eigenvalue weighted by Gasteiger charge is -2.32. The highest BCUT2D eigenvalue weighted by atomic mass is 32.1. The van der Waals surface area contributed by atoms with Gasteiger partial charge in [0.2, 0.25) is 5.91 Å². The number of carbonyl (C=O) groups is 1. The summed E-state index contributed by atoms with van der Waals surface area (Å²) in [6.07, 6.45) is 0.343. The van der Waals surface area contributed by atoms with Crippen molar-refractivity contribution in [2.75, 3.05) is 6.54 Å². The predicted octanol–water partition coefficient (Wildman–Crippen LogP) is 5.85. The van der Waals surface area contributed by atoms with Gasteiger partial charge < -0.3 is 4.90 Å². The zero-order chi connectivity index (χ0) is 24.4. The predicted molar refractivity (Wildman–Crippen MR) is 140 cm³/mol. The van der Waals surface area contributed by atoms with E-state index in [1.807, 2.05) is 78.7 Å². The summed E-state index contributed by atoms with van der Waals surface area (Å²) in [5.41, 5.74) is 3.55. The van der Waals surface area contributed by atoms with Crippen molar-refractivity contribution in [2.24, 2.45) is 5.92 Å². The smallest absolute Gasteiger partial charge is 0.266 e. The highest BCUT2D eigenvalue weighted by Gasteiger charge is 2.27. The van der Waals surface area contributed by atoms with E-state index in [4.69, 9.17) is 4.98 Å². The van der Waals surface area contributed by atoms with Crippen LogP contribution in [0.25, 0.3) is 16.6 Å². The lowest BCUT2D eigenvalue weighted by atomic mass is 10.1. The molecule has 0 aliphatic carbocycles. The number of nitrogens with zero attached hydrogens (tertiary/aromatic N) is 3. The third-order valence-corrected chi connectivity index (χ3v) is 7.06. The van der Waals surface area contributed by atoms with Crippen molar-refractivity contribution in [1.29, 1.82) is 0 Å². The SMILES string of the molecule is Cc1ccc(-n2c(C(C)N(CC(C)C)C(=O)Cc3cccs3)nc3ccccc3c2=O)cc1C. The van der Waals surface area contributed by atoms with Gasteiger partial charge in [-0.05, 0) is 73.5 Å². The van der Waals surface area contributed by atoms with Gasteiger partial charge >= 0.3 is 0 Å². The molecule has 2 aromatic carbocycles. The molecule has 1 amide bonds. The molecule has 5 nitrogen and oxygen atoms in total. The maximum Gasteiger partial charge on any atom is 0.266 e. The van der Waals surface area contributed by atoms with E-state index in [1.54, 1.807) is 15.9 Å². The molecule has 0 N–H and O–H groups in total. The molecule has 0 fully saturated rings. The Morgan fingerprint density at radius 2 is 1.79 bits per heavy atom. The Balaban J connectivity index is 1.88. The summed E-state index contributed by atoms with van der Waals surface area (Å²) in [5, 5.41) is 2.55. The molecule has 176 valence electrons. The molecule has 2 heterocycles. The van der Waals surface area contributed by atoms with E-state index in [0.29, 0.717) is 29.7 Å². The first-order valence-corrected chi connectivity index (χ1v) is 12.6. The molecule has 4 rings (SSSR count). The number of hydrogen-bond donors (Lipinski definition) is 0. The van der Waals surface area contributed by atoms with Gasteiger partial charge in [0.1, 0.15) is 5.82 Å². The van der Waals surface area contributed by atoms with Crippen molar-refractivity contribution in [3.8, 4) is 5.69 Å². The molecule has 0 aliphatic rings. The number of hydrogen-bond acceptors (Lipinski definition) is 4. The van der Waals surface area contributed by atoms with E-state index >= 15 is 0 Å². The number of amides is 1. The summed E-state index contributed by atoms with van der Waals surface area (Å²) in [7, 11) is 0. The van der Waals surface area contributed by atoms with Crippen LogP contribution in [0.5, 0.6) is 0 Å². The van der Waals surface area contributed by atoms with Gasteiger partial charge in [-0.3, -0.25) is 14.2 Å². The van der Waals surface area contributed by atoms with E-state index in [1.165, 1.54) is 0 Å². The van der Waals surface area contributed by atoms with Crippen LogP contribution in [0.2, 0.25) is 0 Å². The van der Waals surface area contributed by atoms with Crippen LogP contribution in [0, 0.1) is 19.8 Å². The zero-order valence-corrected chi connectivity index (χ0v) is 21.2. The van der Waals surface area contributed by atoms with E-state index < -0.39 is 0 Å². The number of aromatic nitrogens is 2. The quantitative estimate of drug-likeness (QED) is 0.338. The van der Waals surface area contributed by atoms with Gasteiger partial charge in [-0.2, -0.15) is 0 Å². The molecule has 0 saturated heterocycles. The number of aryl methyl sites for hydroxylation is 2. The van der Waals surface area contributed by atoms with Crippen LogP contribution in [0.1, 0.15) is 48.6 Å². The van der Waals surface area contributed by atoms with Gasteiger partial charge in [0.25, 0.3) is 5.56 Å². The molecular formula is C28H31N3O2S. The number of benzene rings is 2. The molecule has 1 unspecified atom stereocenters. The van der Waals surface area contributed by atoms with Crippen LogP contribution in [0.3, 0.4) is 0 Å². The van der Waals surface area contributed by atoms with Crippen LogP contribution in [0.15, 0.2) is 64.8 Å². The molecular weight excluding hydrogens is 442 g/mol. The third kappa shape index (κ3) is 4.82. The molecule has 6 heteroatoms. The molecule has 1 atom stereocenters. The summed E-state index contributed by atoms with van der Waals surface area (Å²) < 4.78 is 1.69. The fraction of sp³-hybridized carbons (Fsp3) is 0.321. The molecule has 34 heavy (non-hydrogen) atoms. The normalized spacial score (nSPS) is 12.3. The molecule has 0 saturated carbocycles.